The highest BCUT2D eigenvalue weighted by Crippen LogP contribution is 2.27. The second-order valence-corrected chi connectivity index (χ2v) is 8.18. The van der Waals surface area contributed by atoms with Crippen molar-refractivity contribution in [1.29, 1.82) is 0 Å². The number of nitrogens with one attached hydrogen (secondary N) is 2. The molecule has 1 amide bonds. The molecule has 1 fully saturated rings. The second-order valence-electron chi connectivity index (χ2n) is 8.18. The highest BCUT2D eigenvalue weighted by molar-refractivity contribution is 5.92. The molecule has 162 valence electrons. The van der Waals surface area contributed by atoms with Gasteiger partial charge >= 0.3 is 0 Å². The first kappa shape index (κ1) is 21.0. The number of amides is 1. The average Bonchev–Trinajstić information content (AvgIpc) is 2.78. The van der Waals surface area contributed by atoms with Crippen molar-refractivity contribution in [3.63, 3.8) is 0 Å². The fraction of sp³-hybridized carbons (Fsp3) is 0.391. The molecule has 8 nitrogen and oxygen atoms in total. The van der Waals surface area contributed by atoms with Crippen LogP contribution >= 0.6 is 0 Å². The number of piperazine rings is 1. The van der Waals surface area contributed by atoms with E-state index in [2.05, 4.69) is 43.9 Å². The van der Waals surface area contributed by atoms with Crippen molar-refractivity contribution in [3.05, 3.63) is 63.8 Å². The topological polar surface area (TPSA) is 94.2 Å². The molecule has 0 radical (unpaired) electrons. The maximum Gasteiger partial charge on any atom is 0.269 e. The molecule has 1 saturated heterocycles. The number of H-pyrrole nitrogens is 1. The summed E-state index contributed by atoms with van der Waals surface area (Å²) in [5, 5.41) is 2.59. The average molecular weight is 421 g/mol. The third-order valence-electron chi connectivity index (χ3n) is 6.13. The molecule has 3 aromatic heterocycles. The number of hydrogen-bond donors (Lipinski definition) is 2. The van der Waals surface area contributed by atoms with Gasteiger partial charge in [0.1, 0.15) is 5.69 Å². The normalized spacial score (nSPS) is 18.2. The van der Waals surface area contributed by atoms with Crippen LogP contribution in [-0.4, -0.2) is 58.5 Å². The molecule has 0 aliphatic carbocycles. The van der Waals surface area contributed by atoms with Gasteiger partial charge in [0.25, 0.3) is 11.5 Å². The van der Waals surface area contributed by atoms with Gasteiger partial charge in [0.15, 0.2) is 0 Å². The van der Waals surface area contributed by atoms with Crippen LogP contribution in [0.15, 0.2) is 41.5 Å². The number of hydrogen-bond acceptors (Lipinski definition) is 6. The van der Waals surface area contributed by atoms with Crippen LogP contribution in [0.3, 0.4) is 0 Å². The molecule has 0 unspecified atom stereocenters. The summed E-state index contributed by atoms with van der Waals surface area (Å²) in [5.41, 5.74) is 4.70. The molecule has 4 heterocycles. The van der Waals surface area contributed by atoms with E-state index in [1.807, 2.05) is 24.4 Å². The maximum absolute atomic E-state index is 12.0. The summed E-state index contributed by atoms with van der Waals surface area (Å²) in [6, 6.07) is 8.05. The predicted molar refractivity (Wildman–Crippen MR) is 122 cm³/mol. The summed E-state index contributed by atoms with van der Waals surface area (Å²) in [4.78, 5) is 40.2. The van der Waals surface area contributed by atoms with Gasteiger partial charge in [0, 0.05) is 50.5 Å². The van der Waals surface area contributed by atoms with E-state index < -0.39 is 0 Å². The van der Waals surface area contributed by atoms with Crippen LogP contribution in [0.25, 0.3) is 11.0 Å². The number of anilines is 1. The summed E-state index contributed by atoms with van der Waals surface area (Å²) in [5.74, 6) is -0.182. The van der Waals surface area contributed by atoms with Gasteiger partial charge in [0.05, 0.1) is 22.9 Å². The second kappa shape index (κ2) is 8.47. The lowest BCUT2D eigenvalue weighted by molar-refractivity contribution is 0.0958. The fourth-order valence-corrected chi connectivity index (χ4v) is 4.18. The van der Waals surface area contributed by atoms with Gasteiger partial charge in [-0.3, -0.25) is 19.5 Å². The Balaban J connectivity index is 1.48. The highest BCUT2D eigenvalue weighted by Gasteiger charge is 2.28. The molecule has 1 aliphatic heterocycles. The number of aryl methyl sites for hydroxylation is 1. The van der Waals surface area contributed by atoms with Crippen molar-refractivity contribution in [1.82, 2.24) is 25.2 Å². The standard InChI is InChI=1S/C23H28N6O2/c1-14-9-20-21(27-22(14)30)10-17(11-25-20)16(3)28-7-8-29(15(2)13-28)18-5-6-19(26-12-18)23(31)24-4/h5-6,9-12,15-16H,7-8,13H2,1-4H3,(H,24,31)(H,27,30)/t15-,16+/m1/s1. The molecule has 2 atom stereocenters. The molecule has 8 heteroatoms. The fourth-order valence-electron chi connectivity index (χ4n) is 4.18. The minimum atomic E-state index is -0.182. The van der Waals surface area contributed by atoms with E-state index in [-0.39, 0.29) is 17.5 Å². The monoisotopic (exact) mass is 420 g/mol. The molecule has 4 rings (SSSR count). The number of rotatable bonds is 4. The van der Waals surface area contributed by atoms with Crippen molar-refractivity contribution < 1.29 is 4.79 Å². The van der Waals surface area contributed by atoms with Gasteiger partial charge < -0.3 is 15.2 Å². The quantitative estimate of drug-likeness (QED) is 0.672. The molecule has 0 aromatic carbocycles. The van der Waals surface area contributed by atoms with E-state index >= 15 is 0 Å². The number of pyridine rings is 3. The number of carbonyl (C=O) groups is 1. The van der Waals surface area contributed by atoms with E-state index in [4.69, 9.17) is 0 Å². The molecular formula is C23H28N6O2. The van der Waals surface area contributed by atoms with E-state index in [0.29, 0.717) is 17.3 Å². The zero-order valence-electron chi connectivity index (χ0n) is 18.3. The largest absolute Gasteiger partial charge is 0.365 e. The summed E-state index contributed by atoms with van der Waals surface area (Å²) in [6.07, 6.45) is 3.68. The third-order valence-corrected chi connectivity index (χ3v) is 6.13. The third kappa shape index (κ3) is 4.16. The van der Waals surface area contributed by atoms with Crippen molar-refractivity contribution in [2.45, 2.75) is 32.9 Å². The van der Waals surface area contributed by atoms with Crippen LogP contribution in [0.4, 0.5) is 5.69 Å². The van der Waals surface area contributed by atoms with Crippen LogP contribution in [0, 0.1) is 6.92 Å². The minimum Gasteiger partial charge on any atom is -0.365 e. The van der Waals surface area contributed by atoms with E-state index in [9.17, 15) is 9.59 Å². The number of carbonyl (C=O) groups excluding carboxylic acids is 1. The van der Waals surface area contributed by atoms with Crippen LogP contribution in [0.1, 0.15) is 41.5 Å². The van der Waals surface area contributed by atoms with Crippen molar-refractivity contribution in [3.8, 4) is 0 Å². The Kier molecular flexibility index (Phi) is 5.73. The molecule has 31 heavy (non-hydrogen) atoms. The lowest BCUT2D eigenvalue weighted by atomic mass is 10.0. The van der Waals surface area contributed by atoms with Crippen LogP contribution in [0.5, 0.6) is 0 Å². The molecule has 0 saturated carbocycles. The molecule has 2 N–H and O–H groups in total. The number of nitrogens with zero attached hydrogens (tertiary/aromatic N) is 4. The van der Waals surface area contributed by atoms with Gasteiger partial charge in [-0.1, -0.05) is 0 Å². The minimum absolute atomic E-state index is 0.0719. The van der Waals surface area contributed by atoms with Gasteiger partial charge in [-0.05, 0) is 50.6 Å². The zero-order valence-corrected chi connectivity index (χ0v) is 18.3. The SMILES string of the molecule is CNC(=O)c1ccc(N2CCN([C@@H](C)c3cnc4cc(C)c(=O)[nH]c4c3)C[C@H]2C)cn1. The van der Waals surface area contributed by atoms with Gasteiger partial charge in [-0.2, -0.15) is 0 Å². The Morgan fingerprint density at radius 1 is 1.23 bits per heavy atom. The van der Waals surface area contributed by atoms with Gasteiger partial charge in [-0.25, -0.2) is 4.98 Å². The van der Waals surface area contributed by atoms with Crippen LogP contribution in [-0.2, 0) is 0 Å². The molecule has 0 bridgehead atoms. The summed E-state index contributed by atoms with van der Waals surface area (Å²) in [7, 11) is 1.60. The van der Waals surface area contributed by atoms with Crippen LogP contribution in [0.2, 0.25) is 0 Å². The highest BCUT2D eigenvalue weighted by atomic mass is 16.1. The Bertz CT molecular complexity index is 1160. The van der Waals surface area contributed by atoms with E-state index in [1.54, 1.807) is 26.2 Å². The Morgan fingerprint density at radius 2 is 2.03 bits per heavy atom. The van der Waals surface area contributed by atoms with E-state index in [0.717, 1.165) is 41.9 Å². The first-order chi connectivity index (χ1) is 14.9. The van der Waals surface area contributed by atoms with Gasteiger partial charge in [-0.15, -0.1) is 0 Å². The van der Waals surface area contributed by atoms with Crippen molar-refractivity contribution in [2.75, 3.05) is 31.6 Å². The molecule has 0 spiro atoms. The maximum atomic E-state index is 12.0. The Labute approximate surface area is 181 Å². The number of aromatic amines is 1. The Hall–Kier alpha value is -3.26. The summed E-state index contributed by atoms with van der Waals surface area (Å²) >= 11 is 0. The summed E-state index contributed by atoms with van der Waals surface area (Å²) < 4.78 is 0. The zero-order chi connectivity index (χ0) is 22.1. The molecule has 1 aliphatic rings. The van der Waals surface area contributed by atoms with Crippen molar-refractivity contribution in [2.24, 2.45) is 0 Å². The predicted octanol–water partition coefficient (Wildman–Crippen LogP) is 2.26. The first-order valence-electron chi connectivity index (χ1n) is 10.6. The lowest BCUT2D eigenvalue weighted by Crippen LogP contribution is -2.52. The number of fused-ring (bicyclic) bond motifs is 1. The first-order valence-corrected chi connectivity index (χ1v) is 10.6. The smallest absolute Gasteiger partial charge is 0.269 e. The van der Waals surface area contributed by atoms with E-state index in [1.165, 1.54) is 0 Å². The molecular weight excluding hydrogens is 392 g/mol. The van der Waals surface area contributed by atoms with Crippen LogP contribution < -0.4 is 15.8 Å². The van der Waals surface area contributed by atoms with Crippen molar-refractivity contribution >= 4 is 22.6 Å². The molecule has 3 aromatic rings. The summed E-state index contributed by atoms with van der Waals surface area (Å²) in [6.45, 7) is 8.82. The lowest BCUT2D eigenvalue weighted by Gasteiger charge is -2.43. The Morgan fingerprint density at radius 3 is 2.71 bits per heavy atom. The van der Waals surface area contributed by atoms with Gasteiger partial charge in [0.2, 0.25) is 0 Å². The number of aromatic nitrogens is 3.